The van der Waals surface area contributed by atoms with E-state index in [0.29, 0.717) is 40.5 Å². The zero-order valence-corrected chi connectivity index (χ0v) is 17.1. The van der Waals surface area contributed by atoms with Crippen LogP contribution in [-0.4, -0.2) is 54.7 Å². The summed E-state index contributed by atoms with van der Waals surface area (Å²) in [6.07, 6.45) is 5.81. The first-order valence-electron chi connectivity index (χ1n) is 9.20. The van der Waals surface area contributed by atoms with Gasteiger partial charge in [0.15, 0.2) is 5.69 Å². The largest absolute Gasteiger partial charge is 0.474 e. The second-order valence-corrected chi connectivity index (χ2v) is 7.44. The van der Waals surface area contributed by atoms with Gasteiger partial charge in [0.2, 0.25) is 17.7 Å². The summed E-state index contributed by atoms with van der Waals surface area (Å²) < 4.78 is 7.62. The van der Waals surface area contributed by atoms with Gasteiger partial charge in [-0.05, 0) is 6.08 Å². The fourth-order valence-corrected chi connectivity index (χ4v) is 3.54. The standard InChI is InChI=1S/C19H19ClN8O2/c1-4-15(29)28(3)10-5-11(6-10)30-18-16-12(20)8-22-17(16)24-19(25-18)23-14-9-27(2)26-13(14)7-21/h4,8-11H,1,5-6H2,2-3H3,(H2,22,23,24,25). The molecule has 4 rings (SSSR count). The number of aryl methyl sites for hydroxylation is 1. The Balaban J connectivity index is 1.57. The lowest BCUT2D eigenvalue weighted by Crippen LogP contribution is -2.49. The number of nitriles is 1. The minimum atomic E-state index is -0.118. The molecule has 1 fully saturated rings. The maximum absolute atomic E-state index is 11.8. The number of hydrogen-bond acceptors (Lipinski definition) is 7. The molecule has 0 aliphatic heterocycles. The van der Waals surface area contributed by atoms with Crippen molar-refractivity contribution in [3.8, 4) is 11.9 Å². The van der Waals surface area contributed by atoms with Gasteiger partial charge in [-0.15, -0.1) is 0 Å². The van der Waals surface area contributed by atoms with Gasteiger partial charge in [0.25, 0.3) is 0 Å². The summed E-state index contributed by atoms with van der Waals surface area (Å²) >= 11 is 6.29. The average molecular weight is 427 g/mol. The van der Waals surface area contributed by atoms with Crippen molar-refractivity contribution in [3.05, 3.63) is 35.8 Å². The van der Waals surface area contributed by atoms with E-state index in [-0.39, 0.29) is 29.7 Å². The second-order valence-electron chi connectivity index (χ2n) is 7.03. The Morgan fingerprint density at radius 1 is 1.53 bits per heavy atom. The zero-order chi connectivity index (χ0) is 21.4. The second kappa shape index (κ2) is 7.68. The molecule has 0 unspecified atom stereocenters. The van der Waals surface area contributed by atoms with Crippen molar-refractivity contribution >= 4 is 40.2 Å². The molecule has 1 saturated carbocycles. The SMILES string of the molecule is C=CC(=O)N(C)C1CC(Oc2nc(Nc3cn(C)nc3C#N)nc3[nH]cc(Cl)c23)C1. The highest BCUT2D eigenvalue weighted by Crippen LogP contribution is 2.35. The topological polar surface area (TPSA) is 125 Å². The number of aromatic amines is 1. The van der Waals surface area contributed by atoms with E-state index in [4.69, 9.17) is 16.3 Å². The molecule has 3 aromatic heterocycles. The molecule has 10 nitrogen and oxygen atoms in total. The Labute approximate surface area is 177 Å². The van der Waals surface area contributed by atoms with Gasteiger partial charge in [-0.3, -0.25) is 9.48 Å². The van der Waals surface area contributed by atoms with Gasteiger partial charge in [-0.25, -0.2) is 0 Å². The molecule has 11 heteroatoms. The lowest BCUT2D eigenvalue weighted by atomic mass is 9.88. The van der Waals surface area contributed by atoms with Crippen molar-refractivity contribution in [2.45, 2.75) is 25.0 Å². The smallest absolute Gasteiger partial charge is 0.245 e. The third kappa shape index (κ3) is 3.55. The number of H-pyrrole nitrogens is 1. The molecule has 30 heavy (non-hydrogen) atoms. The maximum atomic E-state index is 11.8. The molecule has 0 atom stereocenters. The molecule has 3 aromatic rings. The maximum Gasteiger partial charge on any atom is 0.245 e. The van der Waals surface area contributed by atoms with Crippen molar-refractivity contribution in [1.29, 1.82) is 5.26 Å². The number of amides is 1. The van der Waals surface area contributed by atoms with Gasteiger partial charge in [0.1, 0.15) is 17.8 Å². The van der Waals surface area contributed by atoms with E-state index in [1.54, 1.807) is 31.4 Å². The number of nitrogens with zero attached hydrogens (tertiary/aromatic N) is 6. The molecule has 0 saturated heterocycles. The highest BCUT2D eigenvalue weighted by atomic mass is 35.5. The zero-order valence-electron chi connectivity index (χ0n) is 16.4. The van der Waals surface area contributed by atoms with Crippen LogP contribution in [0.1, 0.15) is 18.5 Å². The molecule has 0 aromatic carbocycles. The Bertz CT molecular complexity index is 1170. The van der Waals surface area contributed by atoms with Crippen molar-refractivity contribution in [3.63, 3.8) is 0 Å². The molecule has 1 aliphatic carbocycles. The van der Waals surface area contributed by atoms with Gasteiger partial charge in [0, 0.05) is 45.4 Å². The molecule has 0 bridgehead atoms. The number of likely N-dealkylation sites (N-methyl/N-ethyl adjacent to an activating group) is 1. The number of aromatic nitrogens is 5. The predicted octanol–water partition coefficient (Wildman–Crippen LogP) is 2.51. The highest BCUT2D eigenvalue weighted by molar-refractivity contribution is 6.35. The summed E-state index contributed by atoms with van der Waals surface area (Å²) in [7, 11) is 3.47. The Hall–Kier alpha value is -3.58. The normalized spacial score (nSPS) is 17.8. The average Bonchev–Trinajstić information content (AvgIpc) is 3.25. The molecule has 3 heterocycles. The van der Waals surface area contributed by atoms with E-state index in [2.05, 4.69) is 31.9 Å². The molecule has 1 aliphatic rings. The molecule has 154 valence electrons. The Morgan fingerprint density at radius 2 is 2.30 bits per heavy atom. The fourth-order valence-electron chi connectivity index (χ4n) is 3.32. The van der Waals surface area contributed by atoms with Crippen molar-refractivity contribution < 1.29 is 9.53 Å². The van der Waals surface area contributed by atoms with E-state index in [9.17, 15) is 10.1 Å². The summed E-state index contributed by atoms with van der Waals surface area (Å²) in [6.45, 7) is 3.51. The predicted molar refractivity (Wildman–Crippen MR) is 111 cm³/mol. The van der Waals surface area contributed by atoms with Crippen LogP contribution in [0.5, 0.6) is 5.88 Å². The molecular formula is C19H19ClN8O2. The third-order valence-electron chi connectivity index (χ3n) is 5.05. The summed E-state index contributed by atoms with van der Waals surface area (Å²) in [5.41, 5.74) is 1.21. The Morgan fingerprint density at radius 3 is 3.00 bits per heavy atom. The van der Waals surface area contributed by atoms with Crippen LogP contribution in [0.25, 0.3) is 11.0 Å². The highest BCUT2D eigenvalue weighted by Gasteiger charge is 2.36. The molecule has 1 amide bonds. The van der Waals surface area contributed by atoms with Gasteiger partial charge < -0.3 is 19.9 Å². The summed E-state index contributed by atoms with van der Waals surface area (Å²) in [4.78, 5) is 25.3. The van der Waals surface area contributed by atoms with Gasteiger partial charge >= 0.3 is 0 Å². The number of fused-ring (bicyclic) bond motifs is 1. The minimum Gasteiger partial charge on any atom is -0.474 e. The van der Waals surface area contributed by atoms with Crippen LogP contribution in [0.15, 0.2) is 25.0 Å². The lowest BCUT2D eigenvalue weighted by molar-refractivity contribution is -0.130. The molecule has 2 N–H and O–H groups in total. The van der Waals surface area contributed by atoms with Crippen LogP contribution in [0.2, 0.25) is 5.02 Å². The number of anilines is 2. The number of halogens is 1. The number of nitrogens with one attached hydrogen (secondary N) is 2. The number of ether oxygens (including phenoxy) is 1. The van der Waals surface area contributed by atoms with Gasteiger partial charge in [-0.1, -0.05) is 18.2 Å². The van der Waals surface area contributed by atoms with E-state index in [1.165, 1.54) is 10.8 Å². The van der Waals surface area contributed by atoms with E-state index in [0.717, 1.165) is 0 Å². The van der Waals surface area contributed by atoms with Gasteiger partial charge in [-0.2, -0.15) is 20.3 Å². The van der Waals surface area contributed by atoms with Crippen molar-refractivity contribution in [1.82, 2.24) is 29.6 Å². The lowest BCUT2D eigenvalue weighted by Gasteiger charge is -2.40. The monoisotopic (exact) mass is 426 g/mol. The third-order valence-corrected chi connectivity index (χ3v) is 5.35. The minimum absolute atomic E-state index is 0.0886. The van der Waals surface area contributed by atoms with Crippen molar-refractivity contribution in [2.75, 3.05) is 12.4 Å². The Kier molecular flexibility index (Phi) is 5.05. The quantitative estimate of drug-likeness (QED) is 0.580. The van der Waals surface area contributed by atoms with Gasteiger partial charge in [0.05, 0.1) is 16.1 Å². The molecular weight excluding hydrogens is 408 g/mol. The first-order chi connectivity index (χ1) is 14.4. The number of hydrogen-bond donors (Lipinski definition) is 2. The molecule has 0 radical (unpaired) electrons. The van der Waals surface area contributed by atoms with Crippen LogP contribution < -0.4 is 10.1 Å². The summed E-state index contributed by atoms with van der Waals surface area (Å²) in [5.74, 6) is 0.459. The van der Waals surface area contributed by atoms with E-state index in [1.807, 2.05) is 6.07 Å². The fraction of sp³-hybridized carbons (Fsp3) is 0.316. The van der Waals surface area contributed by atoms with E-state index >= 15 is 0 Å². The first kappa shape index (κ1) is 19.7. The summed E-state index contributed by atoms with van der Waals surface area (Å²) in [5, 5.41) is 17.3. The van der Waals surface area contributed by atoms with Crippen LogP contribution in [-0.2, 0) is 11.8 Å². The first-order valence-corrected chi connectivity index (χ1v) is 9.58. The van der Waals surface area contributed by atoms with Crippen LogP contribution >= 0.6 is 11.6 Å². The van der Waals surface area contributed by atoms with E-state index < -0.39 is 0 Å². The van der Waals surface area contributed by atoms with Crippen LogP contribution in [0, 0.1) is 11.3 Å². The van der Waals surface area contributed by atoms with Crippen LogP contribution in [0.3, 0.4) is 0 Å². The number of carbonyl (C=O) groups is 1. The summed E-state index contributed by atoms with van der Waals surface area (Å²) in [6, 6.07) is 2.11. The number of carbonyl (C=O) groups excluding carboxylic acids is 1. The number of rotatable bonds is 6. The van der Waals surface area contributed by atoms with Crippen molar-refractivity contribution in [2.24, 2.45) is 7.05 Å². The van der Waals surface area contributed by atoms with Crippen LogP contribution in [0.4, 0.5) is 11.6 Å². The molecule has 0 spiro atoms.